The Morgan fingerprint density at radius 2 is 2.19 bits per heavy atom. The number of alkyl halides is 1. The van der Waals surface area contributed by atoms with Crippen molar-refractivity contribution in [2.75, 3.05) is 12.5 Å². The lowest BCUT2D eigenvalue weighted by Crippen LogP contribution is -2.15. The quantitative estimate of drug-likeness (QED) is 0.774. The Balaban J connectivity index is 2.58. The molecule has 2 rings (SSSR count). The minimum atomic E-state index is -1.08. The summed E-state index contributed by atoms with van der Waals surface area (Å²) in [7, 11) is 0. The molecule has 1 aromatic heterocycles. The van der Waals surface area contributed by atoms with Gasteiger partial charge in [-0.15, -0.1) is 0 Å². The van der Waals surface area contributed by atoms with Crippen molar-refractivity contribution in [2.24, 2.45) is 0 Å². The predicted octanol–water partition coefficient (Wildman–Crippen LogP) is 1.57. The maximum Gasteiger partial charge on any atom is 0.354 e. The minimum Gasteiger partial charge on any atom is -0.477 e. The molecule has 0 aliphatic rings. The fraction of sp³-hybridized carbons (Fsp3) is 0.182. The molecule has 2 aromatic rings. The van der Waals surface area contributed by atoms with Crippen LogP contribution in [0.1, 0.15) is 16.1 Å². The van der Waals surface area contributed by atoms with Gasteiger partial charge in [0.25, 0.3) is 0 Å². The molecular weight excluding hydrogens is 211 g/mol. The Morgan fingerprint density at radius 3 is 2.81 bits per heavy atom. The van der Waals surface area contributed by atoms with E-state index in [1.807, 2.05) is 0 Å². The monoisotopic (exact) mass is 222 g/mol. The summed E-state index contributed by atoms with van der Waals surface area (Å²) in [5.41, 5.74) is 1.48. The lowest BCUT2D eigenvalue weighted by molar-refractivity contribution is 0.0688. The molecule has 0 saturated heterocycles. The van der Waals surface area contributed by atoms with Crippen molar-refractivity contribution in [3.05, 3.63) is 35.5 Å². The fourth-order valence-corrected chi connectivity index (χ4v) is 1.71. The summed E-state index contributed by atoms with van der Waals surface area (Å²) in [5, 5.41) is 9.59. The highest BCUT2D eigenvalue weighted by Gasteiger charge is 2.12. The number of fused-ring (bicyclic) bond motifs is 1. The van der Waals surface area contributed by atoms with Crippen LogP contribution in [0.2, 0.25) is 0 Å². The van der Waals surface area contributed by atoms with Gasteiger partial charge in [0.2, 0.25) is 0 Å². The normalized spacial score (nSPS) is 10.8. The number of halogens is 1. The molecule has 5 heteroatoms. The van der Waals surface area contributed by atoms with Gasteiger partial charge in [-0.3, -0.25) is 9.07 Å². The highest BCUT2D eigenvalue weighted by molar-refractivity contribution is 5.94. The number of aromatic carboxylic acids is 1. The van der Waals surface area contributed by atoms with Gasteiger partial charge in [-0.25, -0.2) is 4.79 Å². The maximum atomic E-state index is 12.2. The van der Waals surface area contributed by atoms with Gasteiger partial charge in [0, 0.05) is 11.8 Å². The lowest BCUT2D eigenvalue weighted by atomic mass is 10.1. The van der Waals surface area contributed by atoms with Crippen molar-refractivity contribution >= 4 is 16.9 Å². The summed E-state index contributed by atoms with van der Waals surface area (Å²) in [4.78, 5) is 10.8. The van der Waals surface area contributed by atoms with E-state index in [0.717, 1.165) is 10.2 Å². The van der Waals surface area contributed by atoms with E-state index < -0.39 is 12.6 Å². The molecule has 0 amide bonds. The van der Waals surface area contributed by atoms with E-state index in [2.05, 4.69) is 0 Å². The Bertz CT molecular complexity index is 548. The van der Waals surface area contributed by atoms with Crippen molar-refractivity contribution in [2.45, 2.75) is 6.42 Å². The van der Waals surface area contributed by atoms with E-state index in [-0.39, 0.29) is 5.69 Å². The second-order valence-electron chi connectivity index (χ2n) is 3.54. The molecule has 3 N–H and O–H groups in total. The number of carbonyl (C=O) groups is 1. The van der Waals surface area contributed by atoms with Crippen LogP contribution in [0.25, 0.3) is 10.9 Å². The number of nitrogens with zero attached hydrogens (tertiary/aromatic N) is 1. The highest BCUT2D eigenvalue weighted by atomic mass is 19.1. The molecule has 0 atom stereocenters. The molecule has 0 spiro atoms. The zero-order valence-corrected chi connectivity index (χ0v) is 8.48. The first-order valence-corrected chi connectivity index (χ1v) is 4.82. The third-order valence-electron chi connectivity index (χ3n) is 2.51. The second kappa shape index (κ2) is 3.84. The summed E-state index contributed by atoms with van der Waals surface area (Å²) < 4.78 is 13.3. The number of benzene rings is 1. The van der Waals surface area contributed by atoms with Crippen LogP contribution in [0.4, 0.5) is 4.39 Å². The fourth-order valence-electron chi connectivity index (χ4n) is 1.71. The summed E-state index contributed by atoms with van der Waals surface area (Å²) in [6.07, 6.45) is 0.327. The topological polar surface area (TPSA) is 68.2 Å². The zero-order chi connectivity index (χ0) is 11.7. The van der Waals surface area contributed by atoms with E-state index in [1.165, 1.54) is 6.07 Å². The van der Waals surface area contributed by atoms with Crippen molar-refractivity contribution < 1.29 is 14.3 Å². The molecule has 0 fully saturated rings. The smallest absolute Gasteiger partial charge is 0.354 e. The SMILES string of the molecule is Nn1c(C(=O)O)cc2cc(CCF)ccc21. The van der Waals surface area contributed by atoms with Crippen molar-refractivity contribution in [1.82, 2.24) is 4.68 Å². The van der Waals surface area contributed by atoms with Gasteiger partial charge in [-0.1, -0.05) is 6.07 Å². The molecule has 1 aromatic carbocycles. The zero-order valence-electron chi connectivity index (χ0n) is 8.48. The standard InChI is InChI=1S/C11H11FN2O2/c12-4-3-7-1-2-9-8(5-7)6-10(11(15)16)14(9)13/h1-2,5-6H,3-4,13H2,(H,15,16). The van der Waals surface area contributed by atoms with Crippen LogP contribution in [0.5, 0.6) is 0 Å². The predicted molar refractivity (Wildman–Crippen MR) is 58.7 cm³/mol. The van der Waals surface area contributed by atoms with Crippen LogP contribution < -0.4 is 5.84 Å². The Hall–Kier alpha value is -2.04. The molecule has 0 radical (unpaired) electrons. The van der Waals surface area contributed by atoms with Crippen molar-refractivity contribution in [3.63, 3.8) is 0 Å². The number of carboxylic acid groups (broad SMARTS) is 1. The molecule has 0 bridgehead atoms. The Kier molecular flexibility index (Phi) is 2.52. The molecule has 4 nitrogen and oxygen atoms in total. The number of hydrogen-bond donors (Lipinski definition) is 2. The van der Waals surface area contributed by atoms with Gasteiger partial charge < -0.3 is 10.9 Å². The van der Waals surface area contributed by atoms with Crippen LogP contribution in [-0.2, 0) is 6.42 Å². The molecule has 84 valence electrons. The number of carboxylic acids is 1. The van der Waals surface area contributed by atoms with E-state index in [4.69, 9.17) is 10.9 Å². The van der Waals surface area contributed by atoms with E-state index in [9.17, 15) is 9.18 Å². The molecule has 1 heterocycles. The van der Waals surface area contributed by atoms with Gasteiger partial charge in [0.1, 0.15) is 5.69 Å². The third-order valence-corrected chi connectivity index (χ3v) is 2.51. The number of hydrogen-bond acceptors (Lipinski definition) is 2. The molecular formula is C11H11FN2O2. The Labute approximate surface area is 91.1 Å². The number of nitrogen functional groups attached to an aromatic ring is 1. The summed E-state index contributed by atoms with van der Waals surface area (Å²) >= 11 is 0. The van der Waals surface area contributed by atoms with Gasteiger partial charge in [-0.05, 0) is 23.8 Å². The van der Waals surface area contributed by atoms with Crippen molar-refractivity contribution in [1.29, 1.82) is 0 Å². The van der Waals surface area contributed by atoms with Gasteiger partial charge >= 0.3 is 5.97 Å². The third kappa shape index (κ3) is 1.60. The van der Waals surface area contributed by atoms with Crippen LogP contribution in [0.3, 0.4) is 0 Å². The first-order chi connectivity index (χ1) is 7.63. The number of aryl methyl sites for hydroxylation is 1. The van der Waals surface area contributed by atoms with Gasteiger partial charge in [0.15, 0.2) is 0 Å². The molecule has 0 aliphatic heterocycles. The van der Waals surface area contributed by atoms with Crippen LogP contribution >= 0.6 is 0 Å². The summed E-state index contributed by atoms with van der Waals surface area (Å²) in [6.45, 7) is -0.430. The Morgan fingerprint density at radius 1 is 1.44 bits per heavy atom. The minimum absolute atomic E-state index is 0.0207. The first kappa shape index (κ1) is 10.5. The molecule has 0 saturated carbocycles. The summed E-state index contributed by atoms with van der Waals surface area (Å²) in [5.74, 6) is 4.55. The average Bonchev–Trinajstić information content (AvgIpc) is 2.56. The number of nitrogens with two attached hydrogens (primary N) is 1. The number of rotatable bonds is 3. The van der Waals surface area contributed by atoms with Gasteiger partial charge in [0.05, 0.1) is 12.2 Å². The summed E-state index contributed by atoms with van der Waals surface area (Å²) in [6, 6.07) is 6.69. The van der Waals surface area contributed by atoms with Crippen LogP contribution in [-0.4, -0.2) is 22.4 Å². The number of aromatic nitrogens is 1. The maximum absolute atomic E-state index is 12.2. The van der Waals surface area contributed by atoms with Crippen LogP contribution in [0.15, 0.2) is 24.3 Å². The largest absolute Gasteiger partial charge is 0.477 e. The second-order valence-corrected chi connectivity index (χ2v) is 3.54. The van der Waals surface area contributed by atoms with Crippen LogP contribution in [0, 0.1) is 0 Å². The first-order valence-electron chi connectivity index (χ1n) is 4.82. The molecule has 0 unspecified atom stereocenters. The average molecular weight is 222 g/mol. The molecule has 16 heavy (non-hydrogen) atoms. The van der Waals surface area contributed by atoms with Gasteiger partial charge in [-0.2, -0.15) is 0 Å². The molecule has 0 aliphatic carbocycles. The highest BCUT2D eigenvalue weighted by Crippen LogP contribution is 2.19. The van der Waals surface area contributed by atoms with E-state index in [1.54, 1.807) is 18.2 Å². The lowest BCUT2D eigenvalue weighted by Gasteiger charge is -2.00. The van der Waals surface area contributed by atoms with E-state index in [0.29, 0.717) is 17.3 Å². The van der Waals surface area contributed by atoms with E-state index >= 15 is 0 Å². The van der Waals surface area contributed by atoms with Crippen molar-refractivity contribution in [3.8, 4) is 0 Å².